The summed E-state index contributed by atoms with van der Waals surface area (Å²) in [4.78, 5) is 31.0. The van der Waals surface area contributed by atoms with Crippen LogP contribution in [0.15, 0.2) is 24.3 Å². The predicted molar refractivity (Wildman–Crippen MR) is 98.3 cm³/mol. The van der Waals surface area contributed by atoms with Gasteiger partial charge in [-0.3, -0.25) is 9.59 Å². The lowest BCUT2D eigenvalue weighted by molar-refractivity contribution is -0.139. The smallest absolute Gasteiger partial charge is 0.227 e. The highest BCUT2D eigenvalue weighted by Gasteiger charge is 2.24. The van der Waals surface area contributed by atoms with Gasteiger partial charge in [0.15, 0.2) is 0 Å². The third-order valence-electron chi connectivity index (χ3n) is 5.30. The second-order valence-electron chi connectivity index (χ2n) is 7.22. The lowest BCUT2D eigenvalue weighted by atomic mass is 10.1. The molecule has 0 bridgehead atoms. The highest BCUT2D eigenvalue weighted by Crippen LogP contribution is 2.11. The molecule has 2 aliphatic heterocycles. The van der Waals surface area contributed by atoms with E-state index in [1.807, 2.05) is 41.0 Å². The molecular weight excluding hydrogens is 314 g/mol. The van der Waals surface area contributed by atoms with Gasteiger partial charge in [0.1, 0.15) is 0 Å². The molecule has 2 heterocycles. The third-order valence-corrected chi connectivity index (χ3v) is 5.30. The monoisotopic (exact) mass is 343 g/mol. The summed E-state index contributed by atoms with van der Waals surface area (Å²) in [6.07, 6.45) is 3.58. The first-order valence-electron chi connectivity index (χ1n) is 9.45. The Morgan fingerprint density at radius 3 is 2.00 bits per heavy atom. The van der Waals surface area contributed by atoms with Gasteiger partial charge in [0.25, 0.3) is 0 Å². The van der Waals surface area contributed by atoms with E-state index in [2.05, 4.69) is 4.90 Å². The second kappa shape index (κ2) is 8.48. The summed E-state index contributed by atoms with van der Waals surface area (Å²) < 4.78 is 0. The zero-order valence-electron chi connectivity index (χ0n) is 15.2. The van der Waals surface area contributed by atoms with E-state index in [9.17, 15) is 9.59 Å². The molecule has 5 heteroatoms. The summed E-state index contributed by atoms with van der Waals surface area (Å²) in [5.41, 5.74) is 2.26. The number of amides is 2. The standard InChI is InChI=1S/C20H29N3O2/c1-17-4-6-18(7-5-17)16-20(25)23-14-12-22(13-15-23)19(24)8-11-21-9-2-3-10-21/h4-7H,2-3,8-16H2,1H3. The number of hydrogen-bond donors (Lipinski definition) is 0. The first kappa shape index (κ1) is 17.9. The van der Waals surface area contributed by atoms with Gasteiger partial charge in [-0.1, -0.05) is 29.8 Å². The van der Waals surface area contributed by atoms with Crippen LogP contribution in [0, 0.1) is 6.92 Å². The predicted octanol–water partition coefficient (Wildman–Crippen LogP) is 1.69. The van der Waals surface area contributed by atoms with Crippen LogP contribution in [0.3, 0.4) is 0 Å². The average molecular weight is 343 g/mol. The Morgan fingerprint density at radius 2 is 1.40 bits per heavy atom. The highest BCUT2D eigenvalue weighted by atomic mass is 16.2. The molecule has 1 aromatic rings. The number of likely N-dealkylation sites (tertiary alicyclic amines) is 1. The second-order valence-corrected chi connectivity index (χ2v) is 7.22. The molecule has 2 amide bonds. The molecule has 0 spiro atoms. The van der Waals surface area contributed by atoms with Gasteiger partial charge in [-0.25, -0.2) is 0 Å². The van der Waals surface area contributed by atoms with Crippen molar-refractivity contribution in [2.24, 2.45) is 0 Å². The van der Waals surface area contributed by atoms with Crippen molar-refractivity contribution in [3.63, 3.8) is 0 Å². The molecule has 3 rings (SSSR count). The van der Waals surface area contributed by atoms with Crippen molar-refractivity contribution in [1.82, 2.24) is 14.7 Å². The summed E-state index contributed by atoms with van der Waals surface area (Å²) in [6.45, 7) is 7.83. The van der Waals surface area contributed by atoms with Gasteiger partial charge >= 0.3 is 0 Å². The Morgan fingerprint density at radius 1 is 0.840 bits per heavy atom. The van der Waals surface area contributed by atoms with Crippen LogP contribution in [-0.4, -0.2) is 72.3 Å². The molecule has 1 aromatic carbocycles. The van der Waals surface area contributed by atoms with E-state index < -0.39 is 0 Å². The molecule has 0 unspecified atom stereocenters. The van der Waals surface area contributed by atoms with E-state index in [1.54, 1.807) is 0 Å². The number of aryl methyl sites for hydroxylation is 1. The Balaban J connectivity index is 1.40. The van der Waals surface area contributed by atoms with Crippen molar-refractivity contribution in [2.45, 2.75) is 32.6 Å². The maximum absolute atomic E-state index is 12.4. The molecule has 5 nitrogen and oxygen atoms in total. The van der Waals surface area contributed by atoms with Gasteiger partial charge in [0, 0.05) is 39.1 Å². The minimum Gasteiger partial charge on any atom is -0.339 e. The summed E-state index contributed by atoms with van der Waals surface area (Å²) >= 11 is 0. The van der Waals surface area contributed by atoms with Crippen molar-refractivity contribution < 1.29 is 9.59 Å². The number of piperazine rings is 1. The zero-order valence-corrected chi connectivity index (χ0v) is 15.2. The number of rotatable bonds is 5. The maximum atomic E-state index is 12.4. The van der Waals surface area contributed by atoms with Crippen molar-refractivity contribution in [2.75, 3.05) is 45.8 Å². The van der Waals surface area contributed by atoms with Gasteiger partial charge in [0.2, 0.25) is 11.8 Å². The maximum Gasteiger partial charge on any atom is 0.227 e. The molecule has 25 heavy (non-hydrogen) atoms. The van der Waals surface area contributed by atoms with E-state index in [4.69, 9.17) is 0 Å². The van der Waals surface area contributed by atoms with E-state index in [0.717, 1.165) is 25.2 Å². The van der Waals surface area contributed by atoms with Crippen molar-refractivity contribution in [3.05, 3.63) is 35.4 Å². The van der Waals surface area contributed by atoms with Gasteiger partial charge in [-0.05, 0) is 38.4 Å². The molecule has 0 saturated carbocycles. The lowest BCUT2D eigenvalue weighted by Gasteiger charge is -2.35. The summed E-state index contributed by atoms with van der Waals surface area (Å²) in [5, 5.41) is 0. The topological polar surface area (TPSA) is 43.9 Å². The van der Waals surface area contributed by atoms with Crippen LogP contribution in [0.2, 0.25) is 0 Å². The van der Waals surface area contributed by atoms with Gasteiger partial charge in [0.05, 0.1) is 6.42 Å². The van der Waals surface area contributed by atoms with Crippen molar-refractivity contribution in [1.29, 1.82) is 0 Å². The lowest BCUT2D eigenvalue weighted by Crippen LogP contribution is -2.51. The van der Waals surface area contributed by atoms with Crippen LogP contribution >= 0.6 is 0 Å². The number of carbonyl (C=O) groups excluding carboxylic acids is 2. The molecule has 2 aliphatic rings. The van der Waals surface area contributed by atoms with Crippen LogP contribution in [0.25, 0.3) is 0 Å². The summed E-state index contributed by atoms with van der Waals surface area (Å²) in [7, 11) is 0. The van der Waals surface area contributed by atoms with Crippen LogP contribution < -0.4 is 0 Å². The fourth-order valence-corrected chi connectivity index (χ4v) is 3.62. The van der Waals surface area contributed by atoms with Crippen LogP contribution in [-0.2, 0) is 16.0 Å². The summed E-state index contributed by atoms with van der Waals surface area (Å²) in [6, 6.07) is 8.12. The van der Waals surface area contributed by atoms with Gasteiger partial charge in [-0.15, -0.1) is 0 Å². The minimum atomic E-state index is 0.160. The van der Waals surface area contributed by atoms with Crippen LogP contribution in [0.5, 0.6) is 0 Å². The normalized spacial score (nSPS) is 18.6. The van der Waals surface area contributed by atoms with Crippen molar-refractivity contribution in [3.8, 4) is 0 Å². The Hall–Kier alpha value is -1.88. The molecule has 0 aromatic heterocycles. The first-order valence-corrected chi connectivity index (χ1v) is 9.45. The molecule has 0 N–H and O–H groups in total. The van der Waals surface area contributed by atoms with Gasteiger partial charge in [-0.2, -0.15) is 0 Å². The third kappa shape index (κ3) is 5.05. The van der Waals surface area contributed by atoms with E-state index in [1.165, 1.54) is 18.4 Å². The SMILES string of the molecule is Cc1ccc(CC(=O)N2CCN(C(=O)CCN3CCCC3)CC2)cc1. The minimum absolute atomic E-state index is 0.160. The highest BCUT2D eigenvalue weighted by molar-refractivity contribution is 5.80. The number of benzene rings is 1. The number of nitrogens with zero attached hydrogens (tertiary/aromatic N) is 3. The Bertz CT molecular complexity index is 585. The Kier molecular flexibility index (Phi) is 6.08. The zero-order chi connectivity index (χ0) is 17.6. The molecule has 2 fully saturated rings. The fourth-order valence-electron chi connectivity index (χ4n) is 3.62. The van der Waals surface area contributed by atoms with Gasteiger partial charge < -0.3 is 14.7 Å². The fraction of sp³-hybridized carbons (Fsp3) is 0.600. The molecular formula is C20H29N3O2. The van der Waals surface area contributed by atoms with E-state index in [0.29, 0.717) is 39.0 Å². The van der Waals surface area contributed by atoms with Crippen molar-refractivity contribution >= 4 is 11.8 Å². The first-order chi connectivity index (χ1) is 12.1. The van der Waals surface area contributed by atoms with Crippen LogP contribution in [0.4, 0.5) is 0 Å². The molecule has 136 valence electrons. The molecule has 0 aliphatic carbocycles. The quantitative estimate of drug-likeness (QED) is 0.817. The van der Waals surface area contributed by atoms with Crippen LogP contribution in [0.1, 0.15) is 30.4 Å². The molecule has 0 atom stereocenters. The van der Waals surface area contributed by atoms with E-state index >= 15 is 0 Å². The molecule has 0 radical (unpaired) electrons. The average Bonchev–Trinajstić information content (AvgIpc) is 3.15. The molecule has 2 saturated heterocycles. The number of carbonyl (C=O) groups is 2. The Labute approximate surface area is 150 Å². The number of hydrogen-bond acceptors (Lipinski definition) is 3. The largest absolute Gasteiger partial charge is 0.339 e. The van der Waals surface area contributed by atoms with E-state index in [-0.39, 0.29) is 11.8 Å². The summed E-state index contributed by atoms with van der Waals surface area (Å²) in [5.74, 6) is 0.394.